The molecule has 2 atom stereocenters. The standard InChI is InChI=1S/C14H23NO2/c1-9-5-6-11(16)10(7-9)12(17)8-13(15)14(2,3)4/h5-7,12-13,16-17H,8,15H2,1-4H3/t12-,13-/m1/s1. The number of nitrogens with two attached hydrogens (primary N) is 1. The van der Waals surface area contributed by atoms with Gasteiger partial charge in [-0.3, -0.25) is 0 Å². The summed E-state index contributed by atoms with van der Waals surface area (Å²) in [5.74, 6) is 0.129. The third-order valence-electron chi connectivity index (χ3n) is 3.13. The van der Waals surface area contributed by atoms with Gasteiger partial charge in [-0.05, 0) is 30.9 Å². The van der Waals surface area contributed by atoms with Crippen LogP contribution in [-0.2, 0) is 0 Å². The number of rotatable bonds is 3. The highest BCUT2D eigenvalue weighted by atomic mass is 16.3. The minimum absolute atomic E-state index is 0.0551. The van der Waals surface area contributed by atoms with E-state index in [2.05, 4.69) is 0 Å². The topological polar surface area (TPSA) is 66.5 Å². The third-order valence-corrected chi connectivity index (χ3v) is 3.13. The van der Waals surface area contributed by atoms with Crippen molar-refractivity contribution in [1.82, 2.24) is 0 Å². The number of aromatic hydroxyl groups is 1. The maximum atomic E-state index is 10.1. The summed E-state index contributed by atoms with van der Waals surface area (Å²) in [6.07, 6.45) is -0.273. The Bertz CT molecular complexity index is 382. The van der Waals surface area contributed by atoms with Gasteiger partial charge in [-0.25, -0.2) is 0 Å². The van der Waals surface area contributed by atoms with E-state index in [9.17, 15) is 10.2 Å². The van der Waals surface area contributed by atoms with Crippen molar-refractivity contribution in [2.75, 3.05) is 0 Å². The molecule has 4 N–H and O–H groups in total. The Kier molecular flexibility index (Phi) is 4.17. The maximum Gasteiger partial charge on any atom is 0.121 e. The van der Waals surface area contributed by atoms with Crippen molar-refractivity contribution in [2.24, 2.45) is 11.1 Å². The Morgan fingerprint density at radius 2 is 1.88 bits per heavy atom. The number of phenolic OH excluding ortho intramolecular Hbond substituents is 1. The van der Waals surface area contributed by atoms with Gasteiger partial charge >= 0.3 is 0 Å². The van der Waals surface area contributed by atoms with Crippen molar-refractivity contribution >= 4 is 0 Å². The molecular weight excluding hydrogens is 214 g/mol. The van der Waals surface area contributed by atoms with E-state index in [4.69, 9.17) is 5.73 Å². The second-order valence-electron chi connectivity index (χ2n) is 5.79. The van der Waals surface area contributed by atoms with Gasteiger partial charge in [0, 0.05) is 11.6 Å². The fraction of sp³-hybridized carbons (Fsp3) is 0.571. The van der Waals surface area contributed by atoms with E-state index in [1.807, 2.05) is 33.8 Å². The summed E-state index contributed by atoms with van der Waals surface area (Å²) < 4.78 is 0. The summed E-state index contributed by atoms with van der Waals surface area (Å²) in [5, 5.41) is 19.8. The van der Waals surface area contributed by atoms with Crippen LogP contribution >= 0.6 is 0 Å². The van der Waals surface area contributed by atoms with E-state index < -0.39 is 6.10 Å². The van der Waals surface area contributed by atoms with E-state index in [1.165, 1.54) is 0 Å². The normalized spacial score (nSPS) is 15.6. The van der Waals surface area contributed by atoms with Crippen LogP contribution in [0.2, 0.25) is 0 Å². The summed E-state index contributed by atoms with van der Waals surface area (Å²) >= 11 is 0. The van der Waals surface area contributed by atoms with Gasteiger partial charge in [0.15, 0.2) is 0 Å². The average molecular weight is 237 g/mol. The van der Waals surface area contributed by atoms with Crippen LogP contribution < -0.4 is 5.73 Å². The van der Waals surface area contributed by atoms with Gasteiger partial charge < -0.3 is 15.9 Å². The monoisotopic (exact) mass is 237 g/mol. The molecule has 0 aliphatic heterocycles. The lowest BCUT2D eigenvalue weighted by Gasteiger charge is -2.29. The molecule has 1 aromatic carbocycles. The van der Waals surface area contributed by atoms with Crippen LogP contribution in [0.25, 0.3) is 0 Å². The van der Waals surface area contributed by atoms with Crippen molar-refractivity contribution < 1.29 is 10.2 Å². The van der Waals surface area contributed by atoms with Gasteiger partial charge in [-0.2, -0.15) is 0 Å². The SMILES string of the molecule is Cc1ccc(O)c([C@H](O)C[C@@H](N)C(C)(C)C)c1. The van der Waals surface area contributed by atoms with Crippen LogP contribution in [0.1, 0.15) is 44.4 Å². The molecule has 0 amide bonds. The van der Waals surface area contributed by atoms with Gasteiger partial charge in [-0.1, -0.05) is 32.4 Å². The van der Waals surface area contributed by atoms with Crippen molar-refractivity contribution in [2.45, 2.75) is 46.3 Å². The number of aliphatic hydroxyl groups excluding tert-OH is 1. The second kappa shape index (κ2) is 5.07. The molecule has 1 aromatic rings. The van der Waals surface area contributed by atoms with Crippen LogP contribution in [0.5, 0.6) is 5.75 Å². The molecule has 0 aliphatic carbocycles. The molecule has 0 saturated carbocycles. The molecule has 0 aromatic heterocycles. The van der Waals surface area contributed by atoms with Crippen LogP contribution in [0.15, 0.2) is 18.2 Å². The highest BCUT2D eigenvalue weighted by Gasteiger charge is 2.25. The molecular formula is C14H23NO2. The zero-order valence-corrected chi connectivity index (χ0v) is 11.1. The smallest absolute Gasteiger partial charge is 0.121 e. The zero-order chi connectivity index (χ0) is 13.2. The Hall–Kier alpha value is -1.06. The molecule has 0 bridgehead atoms. The molecule has 1 rings (SSSR count). The summed E-state index contributed by atoms with van der Waals surface area (Å²) in [5.41, 5.74) is 7.56. The lowest BCUT2D eigenvalue weighted by molar-refractivity contribution is 0.130. The third kappa shape index (κ3) is 3.72. The quantitative estimate of drug-likeness (QED) is 0.756. The first-order valence-corrected chi connectivity index (χ1v) is 5.95. The molecule has 0 aliphatic rings. The summed E-state index contributed by atoms with van der Waals surface area (Å²) in [4.78, 5) is 0. The molecule has 0 saturated heterocycles. The van der Waals surface area contributed by atoms with E-state index in [-0.39, 0.29) is 17.2 Å². The molecule has 0 unspecified atom stereocenters. The molecule has 0 fully saturated rings. The molecule has 96 valence electrons. The predicted molar refractivity (Wildman–Crippen MR) is 69.9 cm³/mol. The van der Waals surface area contributed by atoms with E-state index in [1.54, 1.807) is 12.1 Å². The highest BCUT2D eigenvalue weighted by molar-refractivity contribution is 5.37. The Morgan fingerprint density at radius 3 is 2.41 bits per heavy atom. The van der Waals surface area contributed by atoms with Gasteiger partial charge in [0.1, 0.15) is 5.75 Å². The summed E-state index contributed by atoms with van der Waals surface area (Å²) in [6, 6.07) is 5.11. The first-order chi connectivity index (χ1) is 7.71. The minimum atomic E-state index is -0.718. The van der Waals surface area contributed by atoms with Gasteiger partial charge in [0.05, 0.1) is 6.10 Å². The molecule has 0 spiro atoms. The fourth-order valence-corrected chi connectivity index (χ4v) is 1.66. The zero-order valence-electron chi connectivity index (χ0n) is 11.1. The fourth-order valence-electron chi connectivity index (χ4n) is 1.66. The first kappa shape index (κ1) is 14.0. The minimum Gasteiger partial charge on any atom is -0.508 e. The molecule has 0 radical (unpaired) electrons. The largest absolute Gasteiger partial charge is 0.508 e. The highest BCUT2D eigenvalue weighted by Crippen LogP contribution is 2.31. The molecule has 0 heterocycles. The van der Waals surface area contributed by atoms with Crippen molar-refractivity contribution in [3.05, 3.63) is 29.3 Å². The Balaban J connectivity index is 2.83. The van der Waals surface area contributed by atoms with Crippen molar-refractivity contribution in [3.8, 4) is 5.75 Å². The summed E-state index contributed by atoms with van der Waals surface area (Å²) in [7, 11) is 0. The Morgan fingerprint density at radius 1 is 1.29 bits per heavy atom. The maximum absolute atomic E-state index is 10.1. The van der Waals surface area contributed by atoms with Crippen molar-refractivity contribution in [3.63, 3.8) is 0 Å². The number of hydrogen-bond acceptors (Lipinski definition) is 3. The lowest BCUT2D eigenvalue weighted by Crippen LogP contribution is -2.36. The average Bonchev–Trinajstić information content (AvgIpc) is 2.20. The van der Waals surface area contributed by atoms with Gasteiger partial charge in [-0.15, -0.1) is 0 Å². The number of phenols is 1. The van der Waals surface area contributed by atoms with E-state index >= 15 is 0 Å². The van der Waals surface area contributed by atoms with Gasteiger partial charge in [0.2, 0.25) is 0 Å². The number of hydrogen-bond donors (Lipinski definition) is 3. The number of aliphatic hydroxyl groups is 1. The summed E-state index contributed by atoms with van der Waals surface area (Å²) in [6.45, 7) is 8.06. The van der Waals surface area contributed by atoms with Crippen LogP contribution in [0.3, 0.4) is 0 Å². The Labute approximate surface area is 103 Å². The first-order valence-electron chi connectivity index (χ1n) is 5.95. The predicted octanol–water partition coefficient (Wildman–Crippen LogP) is 2.50. The van der Waals surface area contributed by atoms with Crippen molar-refractivity contribution in [1.29, 1.82) is 0 Å². The second-order valence-corrected chi connectivity index (χ2v) is 5.79. The van der Waals surface area contributed by atoms with Crippen LogP contribution in [-0.4, -0.2) is 16.3 Å². The van der Waals surface area contributed by atoms with Crippen LogP contribution in [0.4, 0.5) is 0 Å². The van der Waals surface area contributed by atoms with Crippen LogP contribution in [0, 0.1) is 12.3 Å². The molecule has 3 nitrogen and oxygen atoms in total. The van der Waals surface area contributed by atoms with Gasteiger partial charge in [0.25, 0.3) is 0 Å². The van der Waals surface area contributed by atoms with E-state index in [0.29, 0.717) is 12.0 Å². The number of aryl methyl sites for hydroxylation is 1. The lowest BCUT2D eigenvalue weighted by atomic mass is 9.83. The molecule has 3 heteroatoms. The van der Waals surface area contributed by atoms with E-state index in [0.717, 1.165) is 5.56 Å². The molecule has 17 heavy (non-hydrogen) atoms. The number of benzene rings is 1.